The number of hydrogen-bond donors (Lipinski definition) is 1. The van der Waals surface area contributed by atoms with Gasteiger partial charge in [0.15, 0.2) is 0 Å². The minimum atomic E-state index is -1.04. The van der Waals surface area contributed by atoms with E-state index in [-0.39, 0.29) is 13.2 Å². The smallest absolute Gasteiger partial charge is 0.408 e. The number of azide groups is 1. The molecule has 0 heterocycles. The summed E-state index contributed by atoms with van der Waals surface area (Å²) < 4.78 is 10.0. The molecule has 0 aromatic rings. The minimum Gasteiger partial charge on any atom is -0.464 e. The highest BCUT2D eigenvalue weighted by Crippen LogP contribution is 2.07. The summed E-state index contributed by atoms with van der Waals surface area (Å²) >= 11 is 0. The van der Waals surface area contributed by atoms with Crippen LogP contribution in [-0.2, 0) is 14.3 Å². The normalized spacial score (nSPS) is 12.0. The number of hydrogen-bond acceptors (Lipinski definition) is 5. The highest BCUT2D eigenvalue weighted by Gasteiger charge is 2.24. The molecule has 0 spiro atoms. The zero-order valence-corrected chi connectivity index (χ0v) is 12.4. The van der Waals surface area contributed by atoms with Gasteiger partial charge in [-0.15, -0.1) is 0 Å². The van der Waals surface area contributed by atoms with Crippen LogP contribution in [-0.4, -0.2) is 36.9 Å². The quantitative estimate of drug-likeness (QED) is 0.254. The van der Waals surface area contributed by atoms with Crippen molar-refractivity contribution >= 4 is 12.1 Å². The van der Waals surface area contributed by atoms with Crippen molar-refractivity contribution in [2.24, 2.45) is 5.11 Å². The second-order valence-corrected chi connectivity index (χ2v) is 5.13. The molecule has 0 aliphatic heterocycles. The zero-order valence-electron chi connectivity index (χ0n) is 12.4. The predicted molar refractivity (Wildman–Crippen MR) is 73.0 cm³/mol. The van der Waals surface area contributed by atoms with Crippen LogP contribution in [0.3, 0.4) is 0 Å². The van der Waals surface area contributed by atoms with E-state index in [0.717, 1.165) is 12.8 Å². The number of rotatable bonds is 7. The molecule has 8 heteroatoms. The van der Waals surface area contributed by atoms with Crippen molar-refractivity contribution in [3.05, 3.63) is 10.4 Å². The van der Waals surface area contributed by atoms with Gasteiger partial charge < -0.3 is 14.8 Å². The summed E-state index contributed by atoms with van der Waals surface area (Å²) in [4.78, 5) is 25.9. The van der Waals surface area contributed by atoms with Gasteiger partial charge in [-0.25, -0.2) is 9.59 Å². The fourth-order valence-electron chi connectivity index (χ4n) is 1.16. The first kappa shape index (κ1) is 18.0. The van der Waals surface area contributed by atoms with Gasteiger partial charge in [0.2, 0.25) is 0 Å². The van der Waals surface area contributed by atoms with E-state index in [0.29, 0.717) is 0 Å². The molecule has 20 heavy (non-hydrogen) atoms. The first-order valence-electron chi connectivity index (χ1n) is 6.47. The molecule has 0 aromatic carbocycles. The Morgan fingerprint density at radius 1 is 1.40 bits per heavy atom. The Kier molecular flexibility index (Phi) is 8.15. The van der Waals surface area contributed by atoms with E-state index in [1.807, 2.05) is 6.92 Å². The summed E-state index contributed by atoms with van der Waals surface area (Å²) in [5.41, 5.74) is 7.61. The van der Waals surface area contributed by atoms with Crippen LogP contribution < -0.4 is 5.32 Å². The molecule has 1 atom stereocenters. The molecule has 0 unspecified atom stereocenters. The maximum atomic E-state index is 11.7. The summed E-state index contributed by atoms with van der Waals surface area (Å²) in [5.74, 6) is -0.642. The lowest BCUT2D eigenvalue weighted by Crippen LogP contribution is -2.46. The van der Waals surface area contributed by atoms with Crippen LogP contribution in [0, 0.1) is 0 Å². The SMILES string of the molecule is CCCCOC(=O)[C@H](CN=[N+]=[N-])NC(=O)OC(C)(C)C. The average molecular weight is 286 g/mol. The van der Waals surface area contributed by atoms with E-state index < -0.39 is 23.7 Å². The summed E-state index contributed by atoms with van der Waals surface area (Å²) in [6, 6.07) is -1.04. The molecule has 0 saturated carbocycles. The van der Waals surface area contributed by atoms with Crippen LogP contribution in [0.1, 0.15) is 40.5 Å². The van der Waals surface area contributed by atoms with Gasteiger partial charge in [-0.1, -0.05) is 18.5 Å². The fourth-order valence-corrected chi connectivity index (χ4v) is 1.16. The first-order chi connectivity index (χ1) is 9.30. The topological polar surface area (TPSA) is 113 Å². The van der Waals surface area contributed by atoms with E-state index in [1.165, 1.54) is 0 Å². The van der Waals surface area contributed by atoms with Gasteiger partial charge in [-0.2, -0.15) is 0 Å². The molecule has 0 radical (unpaired) electrons. The number of ether oxygens (including phenoxy) is 2. The van der Waals surface area contributed by atoms with E-state index >= 15 is 0 Å². The van der Waals surface area contributed by atoms with Crippen molar-refractivity contribution < 1.29 is 19.1 Å². The minimum absolute atomic E-state index is 0.222. The number of amides is 1. The number of carbonyl (C=O) groups excluding carboxylic acids is 2. The van der Waals surface area contributed by atoms with Crippen molar-refractivity contribution in [2.45, 2.75) is 52.2 Å². The third-order valence-electron chi connectivity index (χ3n) is 2.05. The van der Waals surface area contributed by atoms with Gasteiger partial charge in [0.1, 0.15) is 11.6 Å². The molecule has 1 amide bonds. The standard InChI is InChI=1S/C12H22N4O4/c1-5-6-7-19-10(17)9(8-14-16-13)15-11(18)20-12(2,3)4/h9H,5-8H2,1-4H3,(H,15,18)/t9-/m0/s1. The summed E-state index contributed by atoms with van der Waals surface area (Å²) in [6.07, 6.45) is 0.850. The number of carbonyl (C=O) groups is 2. The Labute approximate surface area is 118 Å². The van der Waals surface area contributed by atoms with Crippen LogP contribution >= 0.6 is 0 Å². The van der Waals surface area contributed by atoms with Gasteiger partial charge >= 0.3 is 12.1 Å². The highest BCUT2D eigenvalue weighted by atomic mass is 16.6. The monoisotopic (exact) mass is 286 g/mol. The third-order valence-corrected chi connectivity index (χ3v) is 2.05. The molecule has 0 saturated heterocycles. The maximum absolute atomic E-state index is 11.7. The number of esters is 1. The largest absolute Gasteiger partial charge is 0.464 e. The van der Waals surface area contributed by atoms with E-state index in [9.17, 15) is 9.59 Å². The molecule has 0 aliphatic carbocycles. The van der Waals surface area contributed by atoms with Crippen molar-refractivity contribution in [1.29, 1.82) is 0 Å². The van der Waals surface area contributed by atoms with E-state index in [2.05, 4.69) is 15.3 Å². The molecule has 114 valence electrons. The average Bonchev–Trinajstić information content (AvgIpc) is 2.32. The fraction of sp³-hybridized carbons (Fsp3) is 0.833. The molecule has 8 nitrogen and oxygen atoms in total. The molecular weight excluding hydrogens is 264 g/mol. The Balaban J connectivity index is 4.51. The molecule has 0 aromatic heterocycles. The Hall–Kier alpha value is -1.95. The van der Waals surface area contributed by atoms with E-state index in [1.54, 1.807) is 20.8 Å². The van der Waals surface area contributed by atoms with Crippen LogP contribution in [0.4, 0.5) is 4.79 Å². The Morgan fingerprint density at radius 2 is 2.05 bits per heavy atom. The second kappa shape index (κ2) is 9.03. The molecular formula is C12H22N4O4. The van der Waals surface area contributed by atoms with Gasteiger partial charge in [0.25, 0.3) is 0 Å². The second-order valence-electron chi connectivity index (χ2n) is 5.13. The third kappa shape index (κ3) is 9.04. The summed E-state index contributed by atoms with van der Waals surface area (Å²) in [6.45, 7) is 7.11. The van der Waals surface area contributed by atoms with Crippen molar-refractivity contribution in [3.8, 4) is 0 Å². The van der Waals surface area contributed by atoms with Gasteiger partial charge in [-0.3, -0.25) is 0 Å². The molecule has 0 fully saturated rings. The highest BCUT2D eigenvalue weighted by molar-refractivity contribution is 5.81. The van der Waals surface area contributed by atoms with Gasteiger partial charge in [0, 0.05) is 4.91 Å². The predicted octanol–water partition coefficient (Wildman–Crippen LogP) is 2.53. The Morgan fingerprint density at radius 3 is 2.55 bits per heavy atom. The summed E-state index contributed by atoms with van der Waals surface area (Å²) in [5, 5.41) is 5.61. The number of nitrogens with zero attached hydrogens (tertiary/aromatic N) is 3. The molecule has 0 rings (SSSR count). The van der Waals surface area contributed by atoms with Crippen LogP contribution in [0.25, 0.3) is 10.4 Å². The number of unbranched alkanes of at least 4 members (excludes halogenated alkanes) is 1. The van der Waals surface area contributed by atoms with Crippen LogP contribution in [0.15, 0.2) is 5.11 Å². The zero-order chi connectivity index (χ0) is 15.6. The summed E-state index contributed by atoms with van der Waals surface area (Å²) in [7, 11) is 0. The van der Waals surface area contributed by atoms with Crippen LogP contribution in [0.2, 0.25) is 0 Å². The molecule has 0 bridgehead atoms. The Bertz CT molecular complexity index is 372. The lowest BCUT2D eigenvalue weighted by Gasteiger charge is -2.22. The molecule has 0 aliphatic rings. The van der Waals surface area contributed by atoms with Crippen molar-refractivity contribution in [3.63, 3.8) is 0 Å². The van der Waals surface area contributed by atoms with Crippen molar-refractivity contribution in [2.75, 3.05) is 13.2 Å². The first-order valence-corrected chi connectivity index (χ1v) is 6.47. The molecule has 1 N–H and O–H groups in total. The van der Waals surface area contributed by atoms with Crippen LogP contribution in [0.5, 0.6) is 0 Å². The lowest BCUT2D eigenvalue weighted by atomic mass is 10.2. The lowest BCUT2D eigenvalue weighted by molar-refractivity contribution is -0.146. The maximum Gasteiger partial charge on any atom is 0.408 e. The van der Waals surface area contributed by atoms with Crippen molar-refractivity contribution in [1.82, 2.24) is 5.32 Å². The number of nitrogens with one attached hydrogen (secondary N) is 1. The number of alkyl carbamates (subject to hydrolysis) is 1. The van der Waals surface area contributed by atoms with Gasteiger partial charge in [-0.05, 0) is 32.7 Å². The van der Waals surface area contributed by atoms with E-state index in [4.69, 9.17) is 15.0 Å². The van der Waals surface area contributed by atoms with Gasteiger partial charge in [0.05, 0.1) is 13.2 Å².